The van der Waals surface area contributed by atoms with E-state index in [9.17, 15) is 0 Å². The van der Waals surface area contributed by atoms with Gasteiger partial charge in [0, 0.05) is 0 Å². The molecule has 0 heterocycles. The first kappa shape index (κ1) is 26.5. The van der Waals surface area contributed by atoms with Crippen LogP contribution in [0.15, 0.2) is 35.2 Å². The molecule has 0 atom stereocenters. The first-order chi connectivity index (χ1) is 14.2. The van der Waals surface area contributed by atoms with Crippen molar-refractivity contribution in [1.82, 2.24) is 5.48 Å². The molecule has 0 aromatic heterocycles. The summed E-state index contributed by atoms with van der Waals surface area (Å²) < 4.78 is 17.4. The van der Waals surface area contributed by atoms with Crippen molar-refractivity contribution < 1.29 is 19.0 Å². The second-order valence-electron chi connectivity index (χ2n) is 7.80. The largest absolute Gasteiger partial charge is 0.500 e. The third kappa shape index (κ3) is 12.2. The quantitative estimate of drug-likeness (QED) is 0.192. The fraction of sp³-hybridized carbons (Fsp3) is 0.565. The molecule has 0 aliphatic carbocycles. The molecular formula is C23H35Cl2NO4. The molecule has 0 saturated carbocycles. The highest BCUT2D eigenvalue weighted by molar-refractivity contribution is 6.55. The minimum absolute atomic E-state index is 0.204. The number of ether oxygens (including phenoxy) is 3. The molecule has 0 bridgehead atoms. The van der Waals surface area contributed by atoms with Crippen LogP contribution in [0.3, 0.4) is 0 Å². The van der Waals surface area contributed by atoms with E-state index in [0.717, 1.165) is 48.3 Å². The second-order valence-corrected chi connectivity index (χ2v) is 8.81. The third-order valence-electron chi connectivity index (χ3n) is 3.94. The predicted molar refractivity (Wildman–Crippen MR) is 124 cm³/mol. The minimum atomic E-state index is -0.233. The van der Waals surface area contributed by atoms with E-state index >= 15 is 0 Å². The summed E-state index contributed by atoms with van der Waals surface area (Å²) in [4.78, 5) is 5.34. The molecule has 0 saturated heterocycles. The highest BCUT2D eigenvalue weighted by Crippen LogP contribution is 2.30. The minimum Gasteiger partial charge on any atom is -0.500 e. The fourth-order valence-electron chi connectivity index (χ4n) is 2.56. The zero-order valence-corrected chi connectivity index (χ0v) is 20.2. The van der Waals surface area contributed by atoms with Crippen molar-refractivity contribution in [2.45, 2.75) is 65.9 Å². The highest BCUT2D eigenvalue weighted by atomic mass is 35.5. The standard InChI is InChI=1S/C23H35Cl2NO4/c1-6-19-17-20(28-14-10-21(24)25)16-18(2)22(19)29-13-9-7-8-12-27-15-11-26-30-23(3,4)5/h10-11,15-17,26H,6-9,12-14H2,1-5H3. The molecule has 0 amide bonds. The summed E-state index contributed by atoms with van der Waals surface area (Å²) in [5.41, 5.74) is 4.70. The summed E-state index contributed by atoms with van der Waals surface area (Å²) in [6.45, 7) is 11.7. The summed E-state index contributed by atoms with van der Waals surface area (Å²) in [6.07, 6.45) is 8.72. The summed E-state index contributed by atoms with van der Waals surface area (Å²) in [5, 5.41) is 0. The lowest BCUT2D eigenvalue weighted by molar-refractivity contribution is -0.0531. The van der Waals surface area contributed by atoms with Crippen molar-refractivity contribution in [1.29, 1.82) is 0 Å². The van der Waals surface area contributed by atoms with Crippen LogP contribution in [0.1, 0.15) is 58.1 Å². The van der Waals surface area contributed by atoms with Gasteiger partial charge < -0.3 is 14.2 Å². The summed E-state index contributed by atoms with van der Waals surface area (Å²) in [5.74, 6) is 1.73. The van der Waals surface area contributed by atoms with E-state index in [1.807, 2.05) is 39.8 Å². The number of rotatable bonds is 14. The molecule has 0 fully saturated rings. The van der Waals surface area contributed by atoms with Gasteiger partial charge in [0.15, 0.2) is 0 Å². The molecule has 0 unspecified atom stereocenters. The Labute approximate surface area is 191 Å². The average molecular weight is 460 g/mol. The molecular weight excluding hydrogens is 425 g/mol. The highest BCUT2D eigenvalue weighted by Gasteiger charge is 2.10. The number of hydrogen-bond acceptors (Lipinski definition) is 5. The van der Waals surface area contributed by atoms with Crippen LogP contribution in [-0.2, 0) is 16.0 Å². The van der Waals surface area contributed by atoms with Crippen LogP contribution in [-0.4, -0.2) is 25.4 Å². The lowest BCUT2D eigenvalue weighted by Crippen LogP contribution is -2.25. The summed E-state index contributed by atoms with van der Waals surface area (Å²) in [6, 6.07) is 3.98. The van der Waals surface area contributed by atoms with Crippen LogP contribution in [0.25, 0.3) is 0 Å². The van der Waals surface area contributed by atoms with Crippen molar-refractivity contribution in [2.75, 3.05) is 19.8 Å². The van der Waals surface area contributed by atoms with Gasteiger partial charge in [-0.05, 0) is 82.7 Å². The maximum atomic E-state index is 6.06. The smallest absolute Gasteiger partial charge is 0.125 e. The average Bonchev–Trinajstić information content (AvgIpc) is 2.65. The Kier molecular flexibility index (Phi) is 12.7. The van der Waals surface area contributed by atoms with E-state index in [1.54, 1.807) is 18.5 Å². The molecule has 5 nitrogen and oxygen atoms in total. The lowest BCUT2D eigenvalue weighted by atomic mass is 10.1. The molecule has 0 aliphatic rings. The zero-order chi connectivity index (χ0) is 22.4. The number of unbranched alkanes of at least 4 members (excludes halogenated alkanes) is 2. The summed E-state index contributed by atoms with van der Waals surface area (Å²) in [7, 11) is 0. The number of benzene rings is 1. The molecule has 0 radical (unpaired) electrons. The van der Waals surface area contributed by atoms with E-state index in [-0.39, 0.29) is 10.1 Å². The Bertz CT molecular complexity index is 681. The van der Waals surface area contributed by atoms with E-state index in [0.29, 0.717) is 19.8 Å². The van der Waals surface area contributed by atoms with Crippen LogP contribution < -0.4 is 15.0 Å². The molecule has 1 aromatic carbocycles. The van der Waals surface area contributed by atoms with Crippen molar-refractivity contribution >= 4 is 23.2 Å². The van der Waals surface area contributed by atoms with Gasteiger partial charge in [0.2, 0.25) is 0 Å². The first-order valence-corrected chi connectivity index (χ1v) is 11.1. The number of hydrogen-bond donors (Lipinski definition) is 1. The van der Waals surface area contributed by atoms with Crippen LogP contribution in [0.4, 0.5) is 0 Å². The molecule has 170 valence electrons. The van der Waals surface area contributed by atoms with E-state index in [1.165, 1.54) is 0 Å². The van der Waals surface area contributed by atoms with Crippen molar-refractivity contribution in [2.24, 2.45) is 0 Å². The zero-order valence-electron chi connectivity index (χ0n) is 18.7. The Hall–Kier alpha value is -1.56. The molecule has 0 spiro atoms. The summed E-state index contributed by atoms with van der Waals surface area (Å²) >= 11 is 11.2. The molecule has 1 aromatic rings. The van der Waals surface area contributed by atoms with Gasteiger partial charge in [-0.15, -0.1) is 0 Å². The van der Waals surface area contributed by atoms with Crippen LogP contribution in [0.2, 0.25) is 0 Å². The van der Waals surface area contributed by atoms with Crippen LogP contribution in [0.5, 0.6) is 11.5 Å². The first-order valence-electron chi connectivity index (χ1n) is 10.3. The van der Waals surface area contributed by atoms with Gasteiger partial charge in [-0.1, -0.05) is 30.1 Å². The third-order valence-corrected chi connectivity index (χ3v) is 4.25. The normalized spacial score (nSPS) is 11.4. The molecule has 1 rings (SSSR count). The Morgan fingerprint density at radius 2 is 1.80 bits per heavy atom. The van der Waals surface area contributed by atoms with Crippen LogP contribution in [0, 0.1) is 6.92 Å². The number of nitrogens with one attached hydrogen (secondary N) is 1. The molecule has 30 heavy (non-hydrogen) atoms. The molecule has 1 N–H and O–H groups in total. The fourth-order valence-corrected chi connectivity index (χ4v) is 2.68. The topological polar surface area (TPSA) is 49.0 Å². The van der Waals surface area contributed by atoms with E-state index < -0.39 is 0 Å². The number of halogens is 2. The Morgan fingerprint density at radius 1 is 1.07 bits per heavy atom. The monoisotopic (exact) mass is 459 g/mol. The van der Waals surface area contributed by atoms with Gasteiger partial charge in [-0.2, -0.15) is 0 Å². The van der Waals surface area contributed by atoms with Gasteiger partial charge in [-0.3, -0.25) is 10.3 Å². The molecule has 7 heteroatoms. The van der Waals surface area contributed by atoms with Gasteiger partial charge in [0.1, 0.15) is 28.9 Å². The second kappa shape index (κ2) is 14.4. The van der Waals surface area contributed by atoms with Crippen molar-refractivity contribution in [3.8, 4) is 11.5 Å². The van der Waals surface area contributed by atoms with Crippen LogP contribution >= 0.6 is 23.2 Å². The number of aryl methyl sites for hydroxylation is 2. The SMILES string of the molecule is CCc1cc(OCC=C(Cl)Cl)cc(C)c1OCCCCCOC=CNOC(C)(C)C. The van der Waals surface area contributed by atoms with Gasteiger partial charge >= 0.3 is 0 Å². The van der Waals surface area contributed by atoms with Gasteiger partial charge in [0.05, 0.1) is 25.0 Å². The maximum Gasteiger partial charge on any atom is 0.125 e. The predicted octanol–water partition coefficient (Wildman–Crippen LogP) is 6.61. The van der Waals surface area contributed by atoms with Gasteiger partial charge in [0.25, 0.3) is 0 Å². The lowest BCUT2D eigenvalue weighted by Gasteiger charge is -2.17. The Balaban J connectivity index is 2.29. The van der Waals surface area contributed by atoms with Gasteiger partial charge in [-0.25, -0.2) is 0 Å². The number of hydroxylamine groups is 1. The molecule has 0 aliphatic heterocycles. The van der Waals surface area contributed by atoms with Crippen molar-refractivity contribution in [3.63, 3.8) is 0 Å². The van der Waals surface area contributed by atoms with E-state index in [2.05, 4.69) is 12.4 Å². The van der Waals surface area contributed by atoms with Crippen molar-refractivity contribution in [3.05, 3.63) is 46.3 Å². The Morgan fingerprint density at radius 3 is 2.47 bits per heavy atom. The van der Waals surface area contributed by atoms with E-state index in [4.69, 9.17) is 42.3 Å². The maximum absolute atomic E-state index is 6.06.